The van der Waals surface area contributed by atoms with Crippen LogP contribution < -0.4 is 5.32 Å². The van der Waals surface area contributed by atoms with Crippen molar-refractivity contribution in [3.63, 3.8) is 0 Å². The highest BCUT2D eigenvalue weighted by molar-refractivity contribution is 7.99. The van der Waals surface area contributed by atoms with E-state index in [0.717, 1.165) is 22.0 Å². The first-order chi connectivity index (χ1) is 11.2. The van der Waals surface area contributed by atoms with Gasteiger partial charge in [0.1, 0.15) is 0 Å². The minimum Gasteiger partial charge on any atom is -0.325 e. The fraction of sp³-hybridized carbons (Fsp3) is 0.125. The predicted octanol–water partition coefficient (Wildman–Crippen LogP) is 3.64. The molecule has 0 unspecified atom stereocenters. The van der Waals surface area contributed by atoms with Gasteiger partial charge in [0.05, 0.1) is 22.1 Å². The van der Waals surface area contributed by atoms with Crippen LogP contribution >= 0.6 is 23.1 Å². The molecule has 0 radical (unpaired) electrons. The van der Waals surface area contributed by atoms with Crippen LogP contribution in [-0.2, 0) is 4.79 Å². The fourth-order valence-corrected chi connectivity index (χ4v) is 3.20. The normalized spacial score (nSPS) is 10.5. The van der Waals surface area contributed by atoms with Gasteiger partial charge in [0.2, 0.25) is 5.91 Å². The van der Waals surface area contributed by atoms with E-state index in [4.69, 9.17) is 0 Å². The summed E-state index contributed by atoms with van der Waals surface area (Å²) in [6.45, 7) is 1.96. The highest BCUT2D eigenvalue weighted by Crippen LogP contribution is 2.28. The van der Waals surface area contributed by atoms with Gasteiger partial charge < -0.3 is 5.32 Å². The minimum atomic E-state index is -0.0955. The largest absolute Gasteiger partial charge is 0.325 e. The van der Waals surface area contributed by atoms with Gasteiger partial charge >= 0.3 is 0 Å². The Labute approximate surface area is 142 Å². The molecule has 0 spiro atoms. The summed E-state index contributed by atoms with van der Waals surface area (Å²) in [6, 6.07) is 9.41. The summed E-state index contributed by atoms with van der Waals surface area (Å²) in [5, 5.41) is 6.52. The maximum atomic E-state index is 12.2. The van der Waals surface area contributed by atoms with Crippen LogP contribution in [0.1, 0.15) is 5.01 Å². The number of thioether (sulfide) groups is 1. The minimum absolute atomic E-state index is 0.0955. The molecule has 2 aromatic heterocycles. The van der Waals surface area contributed by atoms with Crippen molar-refractivity contribution in [2.24, 2.45) is 0 Å². The number of aryl methyl sites for hydroxylation is 1. The summed E-state index contributed by atoms with van der Waals surface area (Å²) in [4.78, 5) is 24.8. The Morgan fingerprint density at radius 1 is 1.22 bits per heavy atom. The van der Waals surface area contributed by atoms with Gasteiger partial charge in [-0.1, -0.05) is 30.0 Å². The first kappa shape index (κ1) is 15.6. The van der Waals surface area contributed by atoms with E-state index < -0.39 is 0 Å². The standard InChI is InChI=1S/C16H14N4OS2/c1-11-19-14(9-22-11)12-5-2-3-6-13(12)20-15(21)10-23-16-17-7-4-8-18-16/h2-9H,10H2,1H3,(H,20,21). The highest BCUT2D eigenvalue weighted by atomic mass is 32.2. The van der Waals surface area contributed by atoms with Crippen molar-refractivity contribution in [3.05, 3.63) is 53.1 Å². The van der Waals surface area contributed by atoms with Crippen molar-refractivity contribution in [2.45, 2.75) is 12.1 Å². The third-order valence-corrected chi connectivity index (χ3v) is 4.62. The molecule has 0 bridgehead atoms. The average molecular weight is 342 g/mol. The highest BCUT2D eigenvalue weighted by Gasteiger charge is 2.11. The van der Waals surface area contributed by atoms with Crippen LogP contribution in [0.4, 0.5) is 5.69 Å². The molecule has 116 valence electrons. The fourth-order valence-electron chi connectivity index (χ4n) is 1.98. The lowest BCUT2D eigenvalue weighted by Crippen LogP contribution is -2.15. The van der Waals surface area contributed by atoms with Gasteiger partial charge in [-0.15, -0.1) is 11.3 Å². The molecular weight excluding hydrogens is 328 g/mol. The van der Waals surface area contributed by atoms with Crippen molar-refractivity contribution in [3.8, 4) is 11.3 Å². The third kappa shape index (κ3) is 4.14. The Morgan fingerprint density at radius 2 is 2.00 bits per heavy atom. The molecule has 0 atom stereocenters. The molecule has 0 aliphatic heterocycles. The van der Waals surface area contributed by atoms with Crippen LogP contribution in [0.5, 0.6) is 0 Å². The number of thiazole rings is 1. The average Bonchev–Trinajstić information content (AvgIpc) is 3.01. The first-order valence-electron chi connectivity index (χ1n) is 6.93. The predicted molar refractivity (Wildman–Crippen MR) is 93.7 cm³/mol. The van der Waals surface area contributed by atoms with Gasteiger partial charge in [-0.2, -0.15) is 0 Å². The second kappa shape index (κ2) is 7.34. The van der Waals surface area contributed by atoms with Gasteiger partial charge in [-0.05, 0) is 19.1 Å². The van der Waals surface area contributed by atoms with E-state index in [1.807, 2.05) is 36.6 Å². The van der Waals surface area contributed by atoms with Crippen molar-refractivity contribution in [1.82, 2.24) is 15.0 Å². The molecule has 0 saturated heterocycles. The molecule has 3 aromatic rings. The van der Waals surface area contributed by atoms with Gasteiger partial charge in [0, 0.05) is 23.3 Å². The Morgan fingerprint density at radius 3 is 2.74 bits per heavy atom. The molecule has 0 fully saturated rings. The van der Waals surface area contributed by atoms with E-state index in [-0.39, 0.29) is 11.7 Å². The zero-order chi connectivity index (χ0) is 16.1. The summed E-state index contributed by atoms with van der Waals surface area (Å²) in [7, 11) is 0. The second-order valence-corrected chi connectivity index (χ2v) is 6.67. The maximum Gasteiger partial charge on any atom is 0.234 e. The molecule has 0 aliphatic rings. The molecule has 7 heteroatoms. The number of aromatic nitrogens is 3. The number of hydrogen-bond acceptors (Lipinski definition) is 6. The molecule has 0 saturated carbocycles. The molecule has 3 rings (SSSR count). The molecule has 0 aliphatic carbocycles. The zero-order valence-electron chi connectivity index (χ0n) is 12.4. The number of para-hydroxylation sites is 1. The van der Waals surface area contributed by atoms with E-state index >= 15 is 0 Å². The van der Waals surface area contributed by atoms with E-state index in [9.17, 15) is 4.79 Å². The molecule has 2 heterocycles. The van der Waals surface area contributed by atoms with Crippen LogP contribution in [0.2, 0.25) is 0 Å². The number of rotatable bonds is 5. The van der Waals surface area contributed by atoms with Gasteiger partial charge in [0.15, 0.2) is 5.16 Å². The number of nitrogens with one attached hydrogen (secondary N) is 1. The summed E-state index contributed by atoms with van der Waals surface area (Å²) < 4.78 is 0. The summed E-state index contributed by atoms with van der Waals surface area (Å²) in [5.41, 5.74) is 2.56. The number of carbonyl (C=O) groups is 1. The SMILES string of the molecule is Cc1nc(-c2ccccc2NC(=O)CSc2ncccn2)cs1. The third-order valence-electron chi connectivity index (χ3n) is 2.97. The van der Waals surface area contributed by atoms with E-state index in [1.54, 1.807) is 29.8 Å². The Balaban J connectivity index is 1.69. The molecular formula is C16H14N4OS2. The molecule has 1 N–H and O–H groups in total. The van der Waals surface area contributed by atoms with Crippen LogP contribution in [0.15, 0.2) is 53.3 Å². The van der Waals surface area contributed by atoms with Gasteiger partial charge in [-0.25, -0.2) is 15.0 Å². The monoisotopic (exact) mass is 342 g/mol. The van der Waals surface area contributed by atoms with E-state index in [0.29, 0.717) is 5.16 Å². The Hall–Kier alpha value is -2.25. The van der Waals surface area contributed by atoms with Crippen molar-refractivity contribution >= 4 is 34.7 Å². The quantitative estimate of drug-likeness (QED) is 0.566. The Bertz CT molecular complexity index is 805. The molecule has 5 nitrogen and oxygen atoms in total. The van der Waals surface area contributed by atoms with Crippen molar-refractivity contribution < 1.29 is 4.79 Å². The van der Waals surface area contributed by atoms with E-state index in [1.165, 1.54) is 11.8 Å². The van der Waals surface area contributed by atoms with Crippen molar-refractivity contribution in [2.75, 3.05) is 11.1 Å². The smallest absolute Gasteiger partial charge is 0.234 e. The number of nitrogens with zero attached hydrogens (tertiary/aromatic N) is 3. The lowest BCUT2D eigenvalue weighted by molar-refractivity contribution is -0.113. The number of benzene rings is 1. The first-order valence-corrected chi connectivity index (χ1v) is 8.80. The zero-order valence-corrected chi connectivity index (χ0v) is 14.0. The Kier molecular flexibility index (Phi) is 4.99. The molecule has 1 amide bonds. The number of hydrogen-bond donors (Lipinski definition) is 1. The lowest BCUT2D eigenvalue weighted by atomic mass is 10.1. The van der Waals surface area contributed by atoms with Gasteiger partial charge in [-0.3, -0.25) is 4.79 Å². The van der Waals surface area contributed by atoms with Crippen molar-refractivity contribution in [1.29, 1.82) is 0 Å². The molecule has 1 aromatic carbocycles. The number of carbonyl (C=O) groups excluding carboxylic acids is 1. The summed E-state index contributed by atoms with van der Waals surface area (Å²) in [6.07, 6.45) is 3.32. The van der Waals surface area contributed by atoms with Gasteiger partial charge in [0.25, 0.3) is 0 Å². The van der Waals surface area contributed by atoms with Crippen LogP contribution in [-0.4, -0.2) is 26.6 Å². The second-order valence-electron chi connectivity index (χ2n) is 4.67. The topological polar surface area (TPSA) is 67.8 Å². The lowest BCUT2D eigenvalue weighted by Gasteiger charge is -2.09. The molecule has 23 heavy (non-hydrogen) atoms. The number of amides is 1. The van der Waals surface area contributed by atoms with Crippen LogP contribution in [0, 0.1) is 6.92 Å². The maximum absolute atomic E-state index is 12.2. The van der Waals surface area contributed by atoms with Crippen LogP contribution in [0.3, 0.4) is 0 Å². The number of anilines is 1. The summed E-state index contributed by atoms with van der Waals surface area (Å²) >= 11 is 2.90. The van der Waals surface area contributed by atoms with Crippen LogP contribution in [0.25, 0.3) is 11.3 Å². The summed E-state index contributed by atoms with van der Waals surface area (Å²) in [5.74, 6) is 0.163. The van der Waals surface area contributed by atoms with E-state index in [2.05, 4.69) is 20.3 Å².